The van der Waals surface area contributed by atoms with Gasteiger partial charge in [0, 0.05) is 6.54 Å². The van der Waals surface area contributed by atoms with Gasteiger partial charge in [-0.25, -0.2) is 4.39 Å². The molecule has 0 spiro atoms. The SMILES string of the molecule is COC(=O)[C@@H](CNC(=O)Cc1cccc(F)c1)Cc1ccc(O)cc1. The van der Waals surface area contributed by atoms with E-state index in [1.807, 2.05) is 0 Å². The fourth-order valence-corrected chi connectivity index (χ4v) is 2.45. The molecule has 1 amide bonds. The predicted octanol–water partition coefficient (Wildman–Crippen LogP) is 2.22. The number of ether oxygens (including phenoxy) is 1. The molecule has 2 N–H and O–H groups in total. The first-order chi connectivity index (χ1) is 12.0. The van der Waals surface area contributed by atoms with Crippen LogP contribution in [0.15, 0.2) is 48.5 Å². The standard InChI is InChI=1S/C19H20FNO4/c1-25-19(24)15(9-13-5-7-17(22)8-6-13)12-21-18(23)11-14-3-2-4-16(20)10-14/h2-8,10,15,22H,9,11-12H2,1H3,(H,21,23)/t15-/m1/s1. The summed E-state index contributed by atoms with van der Waals surface area (Å²) in [6.45, 7) is 0.113. The zero-order chi connectivity index (χ0) is 18.2. The van der Waals surface area contributed by atoms with Gasteiger partial charge in [0.25, 0.3) is 0 Å². The average Bonchev–Trinajstić information content (AvgIpc) is 2.59. The topological polar surface area (TPSA) is 75.6 Å². The quantitative estimate of drug-likeness (QED) is 0.755. The monoisotopic (exact) mass is 345 g/mol. The second-order valence-electron chi connectivity index (χ2n) is 5.70. The number of nitrogens with one attached hydrogen (secondary N) is 1. The van der Waals surface area contributed by atoms with Crippen molar-refractivity contribution >= 4 is 11.9 Å². The lowest BCUT2D eigenvalue weighted by molar-refractivity contribution is -0.145. The molecular weight excluding hydrogens is 325 g/mol. The lowest BCUT2D eigenvalue weighted by Gasteiger charge is -2.16. The molecule has 0 aromatic heterocycles. The van der Waals surface area contributed by atoms with Gasteiger partial charge in [0.05, 0.1) is 19.4 Å². The van der Waals surface area contributed by atoms with Crippen LogP contribution in [-0.2, 0) is 27.2 Å². The molecule has 2 rings (SSSR count). The first kappa shape index (κ1) is 18.4. The summed E-state index contributed by atoms with van der Waals surface area (Å²) in [6.07, 6.45) is 0.401. The van der Waals surface area contributed by atoms with Crippen molar-refractivity contribution < 1.29 is 23.8 Å². The number of halogens is 1. The van der Waals surface area contributed by atoms with E-state index in [0.29, 0.717) is 12.0 Å². The van der Waals surface area contributed by atoms with Crippen molar-refractivity contribution in [2.24, 2.45) is 5.92 Å². The predicted molar refractivity (Wildman–Crippen MR) is 90.4 cm³/mol. The van der Waals surface area contributed by atoms with Gasteiger partial charge in [-0.05, 0) is 41.8 Å². The van der Waals surface area contributed by atoms with Crippen LogP contribution in [0.2, 0.25) is 0 Å². The minimum atomic E-state index is -0.550. The van der Waals surface area contributed by atoms with Crippen LogP contribution in [0.5, 0.6) is 5.75 Å². The number of esters is 1. The molecule has 0 heterocycles. The average molecular weight is 345 g/mol. The summed E-state index contributed by atoms with van der Waals surface area (Å²) in [5.41, 5.74) is 1.40. The van der Waals surface area contributed by atoms with Crippen molar-refractivity contribution in [3.05, 3.63) is 65.5 Å². The summed E-state index contributed by atoms with van der Waals surface area (Å²) >= 11 is 0. The molecule has 0 bridgehead atoms. The molecule has 132 valence electrons. The first-order valence-electron chi connectivity index (χ1n) is 7.85. The van der Waals surface area contributed by atoms with Crippen molar-refractivity contribution in [3.63, 3.8) is 0 Å². The Morgan fingerprint density at radius 3 is 2.52 bits per heavy atom. The fraction of sp³-hybridized carbons (Fsp3) is 0.263. The van der Waals surface area contributed by atoms with Crippen LogP contribution in [0.1, 0.15) is 11.1 Å². The molecule has 0 saturated heterocycles. The lowest BCUT2D eigenvalue weighted by atomic mass is 9.99. The molecule has 6 heteroatoms. The number of rotatable bonds is 7. The zero-order valence-electron chi connectivity index (χ0n) is 13.9. The van der Waals surface area contributed by atoms with E-state index < -0.39 is 17.7 Å². The summed E-state index contributed by atoms with van der Waals surface area (Å²) in [6, 6.07) is 12.3. The number of aromatic hydroxyl groups is 1. The minimum Gasteiger partial charge on any atom is -0.508 e. The van der Waals surface area contributed by atoms with Crippen LogP contribution < -0.4 is 5.32 Å². The number of hydrogen-bond donors (Lipinski definition) is 2. The Balaban J connectivity index is 1.93. The Bertz CT molecular complexity index is 730. The second-order valence-corrected chi connectivity index (χ2v) is 5.70. The molecule has 2 aromatic rings. The maximum absolute atomic E-state index is 13.1. The van der Waals surface area contributed by atoms with E-state index in [-0.39, 0.29) is 24.6 Å². The van der Waals surface area contributed by atoms with Crippen LogP contribution in [0.25, 0.3) is 0 Å². The van der Waals surface area contributed by atoms with E-state index in [4.69, 9.17) is 4.74 Å². The Hall–Kier alpha value is -2.89. The molecule has 2 aromatic carbocycles. The van der Waals surface area contributed by atoms with E-state index in [1.54, 1.807) is 24.3 Å². The van der Waals surface area contributed by atoms with Gasteiger partial charge in [-0.3, -0.25) is 9.59 Å². The molecule has 25 heavy (non-hydrogen) atoms. The molecule has 0 aliphatic carbocycles. The summed E-state index contributed by atoms with van der Waals surface area (Å²) in [5.74, 6) is -1.54. The number of methoxy groups -OCH3 is 1. The molecule has 0 saturated carbocycles. The number of phenolic OH excluding ortho intramolecular Hbond substituents is 1. The molecule has 0 fully saturated rings. The number of phenols is 1. The molecule has 0 aliphatic heterocycles. The molecule has 0 radical (unpaired) electrons. The van der Waals surface area contributed by atoms with E-state index in [1.165, 1.54) is 31.4 Å². The number of benzene rings is 2. The third-order valence-electron chi connectivity index (χ3n) is 3.75. The van der Waals surface area contributed by atoms with Gasteiger partial charge >= 0.3 is 5.97 Å². The molecular formula is C19H20FNO4. The number of carbonyl (C=O) groups is 2. The summed E-state index contributed by atoms with van der Waals surface area (Å²) < 4.78 is 17.9. The third kappa shape index (κ3) is 5.91. The summed E-state index contributed by atoms with van der Waals surface area (Å²) in [4.78, 5) is 23.9. The Morgan fingerprint density at radius 2 is 1.88 bits per heavy atom. The number of hydrogen-bond acceptors (Lipinski definition) is 4. The number of carbonyl (C=O) groups excluding carboxylic acids is 2. The van der Waals surface area contributed by atoms with E-state index in [0.717, 1.165) is 5.56 Å². The molecule has 0 unspecified atom stereocenters. The van der Waals surface area contributed by atoms with Gasteiger partial charge in [0.2, 0.25) is 5.91 Å². The summed E-state index contributed by atoms with van der Waals surface area (Å²) in [7, 11) is 1.29. The lowest BCUT2D eigenvalue weighted by Crippen LogP contribution is -2.35. The Kier molecular flexibility index (Phi) is 6.51. The second kappa shape index (κ2) is 8.82. The van der Waals surface area contributed by atoms with Crippen LogP contribution >= 0.6 is 0 Å². The van der Waals surface area contributed by atoms with Gasteiger partial charge < -0.3 is 15.2 Å². The van der Waals surface area contributed by atoms with Crippen molar-refractivity contribution in [2.75, 3.05) is 13.7 Å². The molecule has 0 aliphatic rings. The van der Waals surface area contributed by atoms with Gasteiger partial charge in [-0.1, -0.05) is 24.3 Å². The largest absolute Gasteiger partial charge is 0.508 e. The third-order valence-corrected chi connectivity index (χ3v) is 3.75. The van der Waals surface area contributed by atoms with Crippen molar-refractivity contribution in [1.82, 2.24) is 5.32 Å². The summed E-state index contributed by atoms with van der Waals surface area (Å²) in [5, 5.41) is 12.0. The van der Waals surface area contributed by atoms with Gasteiger partial charge in [-0.2, -0.15) is 0 Å². The Labute approximate surface area is 145 Å². The highest BCUT2D eigenvalue weighted by atomic mass is 19.1. The van der Waals surface area contributed by atoms with Crippen LogP contribution in [0, 0.1) is 11.7 Å². The number of amides is 1. The van der Waals surface area contributed by atoms with Gasteiger partial charge in [0.15, 0.2) is 0 Å². The van der Waals surface area contributed by atoms with Crippen LogP contribution in [-0.4, -0.2) is 30.6 Å². The first-order valence-corrected chi connectivity index (χ1v) is 7.85. The van der Waals surface area contributed by atoms with Gasteiger partial charge in [0.1, 0.15) is 11.6 Å². The zero-order valence-corrected chi connectivity index (χ0v) is 13.9. The normalized spacial score (nSPS) is 11.6. The van der Waals surface area contributed by atoms with Crippen molar-refractivity contribution in [2.45, 2.75) is 12.8 Å². The maximum Gasteiger partial charge on any atom is 0.310 e. The van der Waals surface area contributed by atoms with Crippen LogP contribution in [0.4, 0.5) is 4.39 Å². The highest BCUT2D eigenvalue weighted by Gasteiger charge is 2.20. The Morgan fingerprint density at radius 1 is 1.16 bits per heavy atom. The van der Waals surface area contributed by atoms with Crippen molar-refractivity contribution in [1.29, 1.82) is 0 Å². The fourth-order valence-electron chi connectivity index (χ4n) is 2.45. The van der Waals surface area contributed by atoms with Crippen LogP contribution in [0.3, 0.4) is 0 Å². The highest BCUT2D eigenvalue weighted by molar-refractivity contribution is 5.80. The molecule has 1 atom stereocenters. The molecule has 5 nitrogen and oxygen atoms in total. The minimum absolute atomic E-state index is 0.0326. The van der Waals surface area contributed by atoms with Gasteiger partial charge in [-0.15, -0.1) is 0 Å². The van der Waals surface area contributed by atoms with E-state index >= 15 is 0 Å². The smallest absolute Gasteiger partial charge is 0.310 e. The van der Waals surface area contributed by atoms with Crippen molar-refractivity contribution in [3.8, 4) is 5.75 Å². The maximum atomic E-state index is 13.1. The van der Waals surface area contributed by atoms with E-state index in [9.17, 15) is 19.1 Å². The highest BCUT2D eigenvalue weighted by Crippen LogP contribution is 2.14. The van der Waals surface area contributed by atoms with E-state index in [2.05, 4.69) is 5.32 Å².